The van der Waals surface area contributed by atoms with Crippen LogP contribution in [0.2, 0.25) is 6.55 Å². The number of benzene rings is 1. The molecule has 2 unspecified atom stereocenters. The second-order valence-corrected chi connectivity index (χ2v) is 6.15. The number of hydrogen-bond donors (Lipinski definition) is 1. The Balaban J connectivity index is 2.77. The fraction of sp³-hybridized carbons (Fsp3) is 0.333. The van der Waals surface area contributed by atoms with Gasteiger partial charge in [-0.2, -0.15) is 0 Å². The molecule has 0 fully saturated rings. The first kappa shape index (κ1) is 8.49. The summed E-state index contributed by atoms with van der Waals surface area (Å²) in [6.07, 6.45) is 0. The number of hydrogen-bond acceptors (Lipinski definition) is 1. The SMILES string of the molecule is CC(O)[SiH](C)c1ccccc1. The van der Waals surface area contributed by atoms with E-state index in [-0.39, 0.29) is 5.73 Å². The molecule has 0 saturated heterocycles. The maximum atomic E-state index is 9.34. The molecule has 0 bridgehead atoms. The van der Waals surface area contributed by atoms with Crippen LogP contribution in [0.5, 0.6) is 0 Å². The molecule has 2 heteroatoms. The fourth-order valence-electron chi connectivity index (χ4n) is 1.04. The highest BCUT2D eigenvalue weighted by Gasteiger charge is 2.11. The van der Waals surface area contributed by atoms with Crippen LogP contribution in [-0.2, 0) is 0 Å². The summed E-state index contributed by atoms with van der Waals surface area (Å²) in [5.74, 6) is 0. The van der Waals surface area contributed by atoms with E-state index in [1.807, 2.05) is 25.1 Å². The molecule has 1 aromatic carbocycles. The third-order valence-corrected chi connectivity index (χ3v) is 4.93. The van der Waals surface area contributed by atoms with Crippen LogP contribution >= 0.6 is 0 Å². The van der Waals surface area contributed by atoms with Crippen molar-refractivity contribution in [1.82, 2.24) is 0 Å². The molecule has 1 rings (SSSR count). The standard InChI is InChI=1S/C9H14OSi/c1-8(10)11(2)9-6-4-3-5-7-9/h3-8,10-11H,1-2H3. The van der Waals surface area contributed by atoms with E-state index in [9.17, 15) is 5.11 Å². The monoisotopic (exact) mass is 166 g/mol. The predicted molar refractivity (Wildman–Crippen MR) is 50.8 cm³/mol. The minimum absolute atomic E-state index is 0.127. The van der Waals surface area contributed by atoms with Gasteiger partial charge in [-0.15, -0.1) is 0 Å². The van der Waals surface area contributed by atoms with Crippen LogP contribution in [0.4, 0.5) is 0 Å². The summed E-state index contributed by atoms with van der Waals surface area (Å²) in [7, 11) is -1.08. The first-order chi connectivity index (χ1) is 5.22. The molecule has 1 nitrogen and oxygen atoms in total. The molecular weight excluding hydrogens is 152 g/mol. The lowest BCUT2D eigenvalue weighted by Gasteiger charge is -2.12. The van der Waals surface area contributed by atoms with Crippen LogP contribution in [0.25, 0.3) is 0 Å². The molecule has 2 atom stereocenters. The Kier molecular flexibility index (Phi) is 2.85. The Morgan fingerprint density at radius 2 is 1.82 bits per heavy atom. The summed E-state index contributed by atoms with van der Waals surface area (Å²) in [6.45, 7) is 4.05. The summed E-state index contributed by atoms with van der Waals surface area (Å²) in [5.41, 5.74) is -0.127. The lowest BCUT2D eigenvalue weighted by atomic mass is 10.4. The second kappa shape index (κ2) is 3.69. The van der Waals surface area contributed by atoms with Crippen LogP contribution in [-0.4, -0.2) is 19.6 Å². The van der Waals surface area contributed by atoms with Gasteiger partial charge in [0.1, 0.15) is 8.80 Å². The predicted octanol–water partition coefficient (Wildman–Crippen LogP) is 0.671. The molecule has 0 spiro atoms. The van der Waals surface area contributed by atoms with Crippen LogP contribution in [0.1, 0.15) is 6.92 Å². The van der Waals surface area contributed by atoms with Crippen LogP contribution < -0.4 is 5.19 Å². The zero-order chi connectivity index (χ0) is 8.27. The third kappa shape index (κ3) is 2.17. The van der Waals surface area contributed by atoms with Gasteiger partial charge in [-0.05, 0) is 6.92 Å². The lowest BCUT2D eigenvalue weighted by molar-refractivity contribution is 0.270. The second-order valence-electron chi connectivity index (χ2n) is 2.94. The van der Waals surface area contributed by atoms with Crippen molar-refractivity contribution in [3.05, 3.63) is 30.3 Å². The largest absolute Gasteiger partial charge is 0.397 e. The van der Waals surface area contributed by atoms with Crippen LogP contribution in [0.3, 0.4) is 0 Å². The minimum Gasteiger partial charge on any atom is -0.397 e. The highest BCUT2D eigenvalue weighted by Crippen LogP contribution is 1.92. The van der Waals surface area contributed by atoms with Crippen molar-refractivity contribution in [1.29, 1.82) is 0 Å². The van der Waals surface area contributed by atoms with Crippen molar-refractivity contribution in [2.24, 2.45) is 0 Å². The van der Waals surface area contributed by atoms with E-state index in [0.717, 1.165) is 0 Å². The maximum absolute atomic E-state index is 9.34. The summed E-state index contributed by atoms with van der Waals surface area (Å²) < 4.78 is 0. The molecule has 0 heterocycles. The van der Waals surface area contributed by atoms with Crippen molar-refractivity contribution in [2.75, 3.05) is 0 Å². The van der Waals surface area contributed by atoms with Crippen molar-refractivity contribution < 1.29 is 5.11 Å². The van der Waals surface area contributed by atoms with Crippen molar-refractivity contribution in [3.63, 3.8) is 0 Å². The highest BCUT2D eigenvalue weighted by atomic mass is 28.3. The van der Waals surface area contributed by atoms with E-state index in [0.29, 0.717) is 0 Å². The third-order valence-electron chi connectivity index (χ3n) is 2.05. The van der Waals surface area contributed by atoms with Crippen molar-refractivity contribution in [3.8, 4) is 0 Å². The average Bonchev–Trinajstić information content (AvgIpc) is 2.05. The van der Waals surface area contributed by atoms with Gasteiger partial charge >= 0.3 is 0 Å². The maximum Gasteiger partial charge on any atom is 0.100 e. The number of aliphatic hydroxyl groups excluding tert-OH is 1. The lowest BCUT2D eigenvalue weighted by Crippen LogP contribution is -2.37. The van der Waals surface area contributed by atoms with E-state index in [1.165, 1.54) is 5.19 Å². The normalized spacial score (nSPS) is 15.9. The first-order valence-corrected chi connectivity index (χ1v) is 6.34. The molecular formula is C9H14OSi. The Morgan fingerprint density at radius 1 is 1.27 bits per heavy atom. The van der Waals surface area contributed by atoms with Gasteiger partial charge < -0.3 is 5.11 Å². The van der Waals surface area contributed by atoms with Gasteiger partial charge in [-0.1, -0.05) is 42.1 Å². The highest BCUT2D eigenvalue weighted by molar-refractivity contribution is 6.73. The molecule has 0 aliphatic rings. The molecule has 11 heavy (non-hydrogen) atoms. The fourth-order valence-corrected chi connectivity index (χ4v) is 2.42. The van der Waals surface area contributed by atoms with Gasteiger partial charge in [0.05, 0.1) is 0 Å². The molecule has 0 aliphatic heterocycles. The molecule has 0 amide bonds. The van der Waals surface area contributed by atoms with Gasteiger partial charge in [-0.25, -0.2) is 0 Å². The van der Waals surface area contributed by atoms with E-state index in [2.05, 4.69) is 18.7 Å². The Hall–Kier alpha value is -0.603. The average molecular weight is 166 g/mol. The van der Waals surface area contributed by atoms with E-state index >= 15 is 0 Å². The molecule has 0 aliphatic carbocycles. The molecule has 1 aromatic rings. The van der Waals surface area contributed by atoms with Gasteiger partial charge in [-0.3, -0.25) is 0 Å². The van der Waals surface area contributed by atoms with Crippen LogP contribution in [0.15, 0.2) is 30.3 Å². The zero-order valence-corrected chi connectivity index (χ0v) is 8.14. The number of rotatable bonds is 2. The molecule has 0 radical (unpaired) electrons. The summed E-state index contributed by atoms with van der Waals surface area (Å²) in [6, 6.07) is 10.3. The van der Waals surface area contributed by atoms with Crippen molar-refractivity contribution in [2.45, 2.75) is 19.2 Å². The molecule has 0 aromatic heterocycles. The van der Waals surface area contributed by atoms with Crippen molar-refractivity contribution >= 4 is 14.0 Å². The quantitative estimate of drug-likeness (QED) is 0.640. The van der Waals surface area contributed by atoms with Gasteiger partial charge in [0.25, 0.3) is 0 Å². The van der Waals surface area contributed by atoms with E-state index in [1.54, 1.807) is 0 Å². The van der Waals surface area contributed by atoms with Gasteiger partial charge in [0.2, 0.25) is 0 Å². The molecule has 0 saturated carbocycles. The van der Waals surface area contributed by atoms with E-state index < -0.39 is 8.80 Å². The Labute approximate surface area is 69.3 Å². The molecule has 1 N–H and O–H groups in total. The summed E-state index contributed by atoms with van der Waals surface area (Å²) in [4.78, 5) is 0. The summed E-state index contributed by atoms with van der Waals surface area (Å²) in [5, 5.41) is 10.7. The Bertz CT molecular complexity index is 208. The smallest absolute Gasteiger partial charge is 0.100 e. The minimum atomic E-state index is -1.08. The summed E-state index contributed by atoms with van der Waals surface area (Å²) >= 11 is 0. The van der Waals surface area contributed by atoms with Crippen LogP contribution in [0, 0.1) is 0 Å². The van der Waals surface area contributed by atoms with Gasteiger partial charge in [0, 0.05) is 5.73 Å². The van der Waals surface area contributed by atoms with Gasteiger partial charge in [0.15, 0.2) is 0 Å². The Morgan fingerprint density at radius 3 is 2.27 bits per heavy atom. The zero-order valence-electron chi connectivity index (χ0n) is 6.99. The number of aliphatic hydroxyl groups is 1. The first-order valence-electron chi connectivity index (χ1n) is 3.95. The van der Waals surface area contributed by atoms with E-state index in [4.69, 9.17) is 0 Å². The molecule has 60 valence electrons. The topological polar surface area (TPSA) is 20.2 Å².